The molecule has 86 valence electrons. The van der Waals surface area contributed by atoms with Crippen LogP contribution in [0.15, 0.2) is 0 Å². The minimum absolute atomic E-state index is 0.231. The van der Waals surface area contributed by atoms with E-state index in [4.69, 9.17) is 0 Å². The molecule has 0 radical (unpaired) electrons. The Morgan fingerprint density at radius 3 is 2.73 bits per heavy atom. The van der Waals surface area contributed by atoms with Gasteiger partial charge in [0.1, 0.15) is 0 Å². The lowest BCUT2D eigenvalue weighted by Gasteiger charge is -2.32. The number of amides is 1. The topological polar surface area (TPSA) is 32.3 Å². The van der Waals surface area contributed by atoms with E-state index in [0.717, 1.165) is 26.1 Å². The van der Waals surface area contributed by atoms with Crippen LogP contribution in [0, 0.1) is 11.8 Å². The molecule has 0 saturated carbocycles. The van der Waals surface area contributed by atoms with E-state index in [2.05, 4.69) is 24.1 Å². The number of carbonyl (C=O) groups is 1. The maximum atomic E-state index is 12.2. The molecule has 2 saturated heterocycles. The quantitative estimate of drug-likeness (QED) is 0.706. The van der Waals surface area contributed by atoms with Gasteiger partial charge in [-0.1, -0.05) is 6.92 Å². The van der Waals surface area contributed by atoms with Crippen LogP contribution < -0.4 is 5.32 Å². The van der Waals surface area contributed by atoms with Gasteiger partial charge in [0.15, 0.2) is 0 Å². The lowest BCUT2D eigenvalue weighted by Crippen LogP contribution is -2.46. The molecule has 0 bridgehead atoms. The zero-order chi connectivity index (χ0) is 10.8. The minimum atomic E-state index is 0.231. The highest BCUT2D eigenvalue weighted by Crippen LogP contribution is 2.23. The molecule has 3 atom stereocenters. The lowest BCUT2D eigenvalue weighted by atomic mass is 9.90. The van der Waals surface area contributed by atoms with E-state index in [9.17, 15) is 4.79 Å². The number of carbonyl (C=O) groups excluding carboxylic acids is 1. The third kappa shape index (κ3) is 2.33. The van der Waals surface area contributed by atoms with Gasteiger partial charge in [0.2, 0.25) is 5.91 Å². The van der Waals surface area contributed by atoms with Crippen molar-refractivity contribution in [3.05, 3.63) is 0 Å². The van der Waals surface area contributed by atoms with E-state index < -0.39 is 0 Å². The molecule has 15 heavy (non-hydrogen) atoms. The summed E-state index contributed by atoms with van der Waals surface area (Å²) in [5.74, 6) is 1.26. The highest BCUT2D eigenvalue weighted by atomic mass is 16.2. The summed E-state index contributed by atoms with van der Waals surface area (Å²) in [6.07, 6.45) is 3.43. The molecule has 0 aromatic heterocycles. The number of nitrogens with zero attached hydrogens (tertiary/aromatic N) is 1. The van der Waals surface area contributed by atoms with Crippen molar-refractivity contribution in [3.63, 3.8) is 0 Å². The van der Waals surface area contributed by atoms with Crippen molar-refractivity contribution in [1.82, 2.24) is 10.2 Å². The van der Waals surface area contributed by atoms with E-state index in [-0.39, 0.29) is 5.92 Å². The summed E-state index contributed by atoms with van der Waals surface area (Å²) in [5.41, 5.74) is 0. The van der Waals surface area contributed by atoms with Gasteiger partial charge in [-0.2, -0.15) is 0 Å². The number of hydrogen-bond acceptors (Lipinski definition) is 2. The van der Waals surface area contributed by atoms with Crippen LogP contribution >= 0.6 is 0 Å². The second kappa shape index (κ2) is 4.52. The third-order valence-corrected chi connectivity index (χ3v) is 3.76. The first kappa shape index (κ1) is 10.9. The Kier molecular flexibility index (Phi) is 3.29. The van der Waals surface area contributed by atoms with Gasteiger partial charge < -0.3 is 10.2 Å². The summed E-state index contributed by atoms with van der Waals surface area (Å²) in [5, 5.41) is 3.36. The number of nitrogens with one attached hydrogen (secondary N) is 1. The average Bonchev–Trinajstić information content (AvgIpc) is 2.63. The molecule has 0 aromatic rings. The Bertz CT molecular complexity index is 242. The van der Waals surface area contributed by atoms with Crippen LogP contribution in [0.3, 0.4) is 0 Å². The standard InChI is InChI=1S/C12H22N2O/c1-9-6-11(8-13-7-9)12(15)14-5-3-4-10(14)2/h9-11,13H,3-8H2,1-2H3. The van der Waals surface area contributed by atoms with Crippen LogP contribution in [0.4, 0.5) is 0 Å². The second-order valence-electron chi connectivity index (χ2n) is 5.22. The van der Waals surface area contributed by atoms with Crippen molar-refractivity contribution in [2.24, 2.45) is 11.8 Å². The van der Waals surface area contributed by atoms with Crippen molar-refractivity contribution in [1.29, 1.82) is 0 Å². The van der Waals surface area contributed by atoms with E-state index in [1.165, 1.54) is 12.8 Å². The molecule has 3 unspecified atom stereocenters. The summed E-state index contributed by atoms with van der Waals surface area (Å²) in [6.45, 7) is 7.32. The summed E-state index contributed by atoms with van der Waals surface area (Å²) in [4.78, 5) is 14.3. The monoisotopic (exact) mass is 210 g/mol. The normalized spacial score (nSPS) is 36.9. The highest BCUT2D eigenvalue weighted by Gasteiger charge is 2.32. The molecule has 1 N–H and O–H groups in total. The van der Waals surface area contributed by atoms with Crippen LogP contribution in [0.5, 0.6) is 0 Å². The van der Waals surface area contributed by atoms with Gasteiger partial charge in [-0.3, -0.25) is 4.79 Å². The maximum Gasteiger partial charge on any atom is 0.227 e. The second-order valence-corrected chi connectivity index (χ2v) is 5.22. The number of hydrogen-bond donors (Lipinski definition) is 1. The first-order valence-electron chi connectivity index (χ1n) is 6.19. The van der Waals surface area contributed by atoms with Crippen LogP contribution in [0.1, 0.15) is 33.1 Å². The van der Waals surface area contributed by atoms with Gasteiger partial charge in [0.05, 0.1) is 5.92 Å². The molecule has 2 aliphatic rings. The molecule has 2 fully saturated rings. The summed E-state index contributed by atoms with van der Waals surface area (Å²) >= 11 is 0. The summed E-state index contributed by atoms with van der Waals surface area (Å²) in [6, 6.07) is 0.467. The Balaban J connectivity index is 1.94. The SMILES string of the molecule is CC1CNCC(C(=O)N2CCCC2C)C1. The van der Waals surface area contributed by atoms with Gasteiger partial charge in [0.25, 0.3) is 0 Å². The molecule has 1 amide bonds. The van der Waals surface area contributed by atoms with E-state index in [0.29, 0.717) is 17.9 Å². The zero-order valence-electron chi connectivity index (χ0n) is 9.83. The van der Waals surface area contributed by atoms with Crippen molar-refractivity contribution in [2.45, 2.75) is 39.2 Å². The Morgan fingerprint density at radius 1 is 1.33 bits per heavy atom. The van der Waals surface area contributed by atoms with Crippen molar-refractivity contribution in [2.75, 3.05) is 19.6 Å². The smallest absolute Gasteiger partial charge is 0.227 e. The zero-order valence-corrected chi connectivity index (χ0v) is 9.83. The van der Waals surface area contributed by atoms with E-state index >= 15 is 0 Å². The lowest BCUT2D eigenvalue weighted by molar-refractivity contribution is -0.137. The van der Waals surface area contributed by atoms with Crippen molar-refractivity contribution >= 4 is 5.91 Å². The summed E-state index contributed by atoms with van der Waals surface area (Å²) < 4.78 is 0. The largest absolute Gasteiger partial charge is 0.340 e. The van der Waals surface area contributed by atoms with Crippen molar-refractivity contribution in [3.8, 4) is 0 Å². The first-order chi connectivity index (χ1) is 7.18. The molecule has 2 heterocycles. The van der Waals surface area contributed by atoms with Crippen LogP contribution in [-0.2, 0) is 4.79 Å². The molecule has 0 aromatic carbocycles. The van der Waals surface area contributed by atoms with Crippen molar-refractivity contribution < 1.29 is 4.79 Å². The Morgan fingerprint density at radius 2 is 2.13 bits per heavy atom. The van der Waals surface area contributed by atoms with Gasteiger partial charge in [-0.25, -0.2) is 0 Å². The van der Waals surface area contributed by atoms with Crippen LogP contribution in [-0.4, -0.2) is 36.5 Å². The fourth-order valence-corrected chi connectivity index (χ4v) is 2.84. The summed E-state index contributed by atoms with van der Waals surface area (Å²) in [7, 11) is 0. The molecule has 3 nitrogen and oxygen atoms in total. The predicted octanol–water partition coefficient (Wildman–Crippen LogP) is 1.24. The molecule has 0 spiro atoms. The number of likely N-dealkylation sites (tertiary alicyclic amines) is 1. The first-order valence-corrected chi connectivity index (χ1v) is 6.19. The molecule has 3 heteroatoms. The number of piperidine rings is 1. The molecular formula is C12H22N2O. The number of rotatable bonds is 1. The van der Waals surface area contributed by atoms with Gasteiger partial charge in [0, 0.05) is 19.1 Å². The molecular weight excluding hydrogens is 188 g/mol. The van der Waals surface area contributed by atoms with Gasteiger partial charge in [-0.15, -0.1) is 0 Å². The predicted molar refractivity (Wildman–Crippen MR) is 60.5 cm³/mol. The molecule has 0 aliphatic carbocycles. The maximum absolute atomic E-state index is 12.2. The fraction of sp³-hybridized carbons (Fsp3) is 0.917. The minimum Gasteiger partial charge on any atom is -0.340 e. The van der Waals surface area contributed by atoms with Gasteiger partial charge >= 0.3 is 0 Å². The third-order valence-electron chi connectivity index (χ3n) is 3.76. The van der Waals surface area contributed by atoms with E-state index in [1.807, 2.05) is 0 Å². The van der Waals surface area contributed by atoms with Crippen LogP contribution in [0.25, 0.3) is 0 Å². The highest BCUT2D eigenvalue weighted by molar-refractivity contribution is 5.79. The van der Waals surface area contributed by atoms with Crippen LogP contribution in [0.2, 0.25) is 0 Å². The molecule has 2 rings (SSSR count). The molecule has 2 aliphatic heterocycles. The Labute approximate surface area is 92.2 Å². The van der Waals surface area contributed by atoms with Gasteiger partial charge in [-0.05, 0) is 38.6 Å². The Hall–Kier alpha value is -0.570. The van der Waals surface area contributed by atoms with E-state index in [1.54, 1.807) is 0 Å². The average molecular weight is 210 g/mol. The fourth-order valence-electron chi connectivity index (χ4n) is 2.84.